The third-order valence-corrected chi connectivity index (χ3v) is 3.51. The Morgan fingerprint density at radius 1 is 0.542 bits per heavy atom. The van der Waals surface area contributed by atoms with Crippen molar-refractivity contribution in [1.29, 1.82) is 0 Å². The number of allylic oxidation sites excluding steroid dienone is 8. The van der Waals surface area contributed by atoms with Gasteiger partial charge in [-0.2, -0.15) is 0 Å². The van der Waals surface area contributed by atoms with E-state index in [1.165, 1.54) is 51.4 Å². The lowest BCUT2D eigenvalue weighted by atomic mass is 10.1. The molecule has 0 spiro atoms. The van der Waals surface area contributed by atoms with Gasteiger partial charge in [0.1, 0.15) is 0 Å². The van der Waals surface area contributed by atoms with Crippen molar-refractivity contribution in [2.45, 2.75) is 78.1 Å². The van der Waals surface area contributed by atoms with Crippen LogP contribution >= 0.6 is 0 Å². The van der Waals surface area contributed by atoms with Gasteiger partial charge in [-0.3, -0.25) is 0 Å². The van der Waals surface area contributed by atoms with Crippen LogP contribution in [-0.4, -0.2) is 0 Å². The van der Waals surface area contributed by atoms with E-state index in [2.05, 4.69) is 61.8 Å². The maximum atomic E-state index is 2.92. The molecule has 24 heavy (non-hydrogen) atoms. The molecule has 0 heteroatoms. The van der Waals surface area contributed by atoms with Gasteiger partial charge in [-0.25, -0.2) is 0 Å². The summed E-state index contributed by atoms with van der Waals surface area (Å²) in [5.41, 5.74) is 0. The maximum Gasteiger partial charge on any atom is -0.0102 e. The smallest absolute Gasteiger partial charge is 0.0102 e. The third-order valence-electron chi connectivity index (χ3n) is 3.51. The summed E-state index contributed by atoms with van der Waals surface area (Å²) in [6, 6.07) is 0. The highest BCUT2D eigenvalue weighted by Gasteiger charge is 1.83. The standard InChI is InChI=1S/C24H34/c1-3-5-7-9-11-13-15-17-19-21-23-24-22-20-18-16-14-12-10-8-6-4-2/h13-20H,3-12H2,1-2H3/b15-13+,16-14+,19-17+,20-18+. The summed E-state index contributed by atoms with van der Waals surface area (Å²) in [5.74, 6) is 11.5. The topological polar surface area (TPSA) is 0 Å². The average Bonchev–Trinajstić information content (AvgIpc) is 2.60. The zero-order chi connectivity index (χ0) is 17.6. The number of hydrogen-bond acceptors (Lipinski definition) is 0. The lowest BCUT2D eigenvalue weighted by Crippen LogP contribution is -1.72. The van der Waals surface area contributed by atoms with E-state index in [-0.39, 0.29) is 0 Å². The highest BCUT2D eigenvalue weighted by molar-refractivity contribution is 5.35. The zero-order valence-electron chi connectivity index (χ0n) is 15.7. The number of rotatable bonds is 12. The highest BCUT2D eigenvalue weighted by atomic mass is 13.9. The van der Waals surface area contributed by atoms with Crippen LogP contribution in [0.3, 0.4) is 0 Å². The zero-order valence-corrected chi connectivity index (χ0v) is 15.7. The fourth-order valence-electron chi connectivity index (χ4n) is 2.09. The molecular weight excluding hydrogens is 288 g/mol. The van der Waals surface area contributed by atoms with E-state index in [1.807, 2.05) is 24.3 Å². The molecule has 0 radical (unpaired) electrons. The molecule has 0 saturated carbocycles. The van der Waals surface area contributed by atoms with Crippen LogP contribution in [0.15, 0.2) is 48.6 Å². The van der Waals surface area contributed by atoms with E-state index >= 15 is 0 Å². The van der Waals surface area contributed by atoms with E-state index in [4.69, 9.17) is 0 Å². The predicted molar refractivity (Wildman–Crippen MR) is 110 cm³/mol. The Morgan fingerprint density at radius 2 is 1.00 bits per heavy atom. The fourth-order valence-corrected chi connectivity index (χ4v) is 2.09. The summed E-state index contributed by atoms with van der Waals surface area (Å²) in [6.45, 7) is 4.48. The van der Waals surface area contributed by atoms with Crippen LogP contribution in [0.4, 0.5) is 0 Å². The Hall–Kier alpha value is -1.92. The number of unbranched alkanes of at least 4 members (excludes halogenated alkanes) is 8. The molecule has 0 heterocycles. The fraction of sp³-hybridized carbons (Fsp3) is 0.500. The van der Waals surface area contributed by atoms with E-state index in [0.717, 1.165) is 12.8 Å². The van der Waals surface area contributed by atoms with E-state index < -0.39 is 0 Å². The van der Waals surface area contributed by atoms with Crippen molar-refractivity contribution < 1.29 is 0 Å². The summed E-state index contributed by atoms with van der Waals surface area (Å²) in [6.07, 6.45) is 29.0. The molecule has 0 aromatic rings. The van der Waals surface area contributed by atoms with Gasteiger partial charge in [0.25, 0.3) is 0 Å². The largest absolute Gasteiger partial charge is 0.0845 e. The normalized spacial score (nSPS) is 11.2. The van der Waals surface area contributed by atoms with Crippen LogP contribution in [0.25, 0.3) is 0 Å². The predicted octanol–water partition coefficient (Wildman–Crippen LogP) is 7.16. The molecule has 0 aliphatic rings. The van der Waals surface area contributed by atoms with Crippen LogP contribution in [-0.2, 0) is 0 Å². The second-order valence-corrected chi connectivity index (χ2v) is 5.81. The Bertz CT molecular complexity index is 444. The first-order valence-electron chi connectivity index (χ1n) is 9.56. The molecule has 0 bridgehead atoms. The quantitative estimate of drug-likeness (QED) is 0.203. The lowest BCUT2D eigenvalue weighted by molar-refractivity contribution is 0.674. The van der Waals surface area contributed by atoms with Crippen LogP contribution in [0, 0.1) is 23.7 Å². The van der Waals surface area contributed by atoms with Gasteiger partial charge < -0.3 is 0 Å². The van der Waals surface area contributed by atoms with Crippen molar-refractivity contribution >= 4 is 0 Å². The molecule has 0 N–H and O–H groups in total. The first-order valence-corrected chi connectivity index (χ1v) is 9.56. The van der Waals surface area contributed by atoms with E-state index in [9.17, 15) is 0 Å². The molecular formula is C24H34. The molecule has 130 valence electrons. The van der Waals surface area contributed by atoms with Gasteiger partial charge in [-0.15, -0.1) is 0 Å². The minimum absolute atomic E-state index is 1.16. The van der Waals surface area contributed by atoms with Gasteiger partial charge in [-0.1, -0.05) is 101 Å². The average molecular weight is 323 g/mol. The van der Waals surface area contributed by atoms with Crippen molar-refractivity contribution in [3.63, 3.8) is 0 Å². The van der Waals surface area contributed by atoms with E-state index in [0.29, 0.717) is 0 Å². The molecule has 0 aliphatic carbocycles. The Morgan fingerprint density at radius 3 is 1.42 bits per heavy atom. The summed E-state index contributed by atoms with van der Waals surface area (Å²) in [5, 5.41) is 0. The van der Waals surface area contributed by atoms with Gasteiger partial charge in [0.15, 0.2) is 0 Å². The molecule has 0 nitrogen and oxygen atoms in total. The van der Waals surface area contributed by atoms with Gasteiger partial charge in [0.2, 0.25) is 0 Å². The van der Waals surface area contributed by atoms with Gasteiger partial charge in [0.05, 0.1) is 0 Å². The van der Waals surface area contributed by atoms with Crippen LogP contribution < -0.4 is 0 Å². The Balaban J connectivity index is 3.69. The lowest BCUT2D eigenvalue weighted by Gasteiger charge is -1.92. The van der Waals surface area contributed by atoms with E-state index in [1.54, 1.807) is 0 Å². The monoisotopic (exact) mass is 322 g/mol. The first-order chi connectivity index (χ1) is 11.9. The SMILES string of the molecule is CCCCCC/C=C/C=C/C#CC#C/C=C/C=C/CCCCCC. The van der Waals surface area contributed by atoms with Crippen LogP contribution in [0.2, 0.25) is 0 Å². The van der Waals surface area contributed by atoms with Crippen molar-refractivity contribution in [1.82, 2.24) is 0 Å². The first kappa shape index (κ1) is 22.1. The molecule has 0 fully saturated rings. The second-order valence-electron chi connectivity index (χ2n) is 5.81. The summed E-state index contributed by atoms with van der Waals surface area (Å²) < 4.78 is 0. The van der Waals surface area contributed by atoms with Crippen molar-refractivity contribution in [3.8, 4) is 23.7 Å². The maximum absolute atomic E-state index is 2.92. The Kier molecular flexibility index (Phi) is 19.4. The highest BCUT2D eigenvalue weighted by Crippen LogP contribution is 2.03. The minimum atomic E-state index is 1.16. The summed E-state index contributed by atoms with van der Waals surface area (Å²) in [4.78, 5) is 0. The van der Waals surface area contributed by atoms with Gasteiger partial charge in [0, 0.05) is 0 Å². The Labute approximate surface area is 150 Å². The van der Waals surface area contributed by atoms with Crippen molar-refractivity contribution in [3.05, 3.63) is 48.6 Å². The van der Waals surface area contributed by atoms with Crippen molar-refractivity contribution in [2.75, 3.05) is 0 Å². The van der Waals surface area contributed by atoms with Gasteiger partial charge >= 0.3 is 0 Å². The number of hydrogen-bond donors (Lipinski definition) is 0. The summed E-state index contributed by atoms with van der Waals surface area (Å²) >= 11 is 0. The second kappa shape index (κ2) is 21.1. The third kappa shape index (κ3) is 20.1. The molecule has 0 aromatic carbocycles. The molecule has 0 amide bonds. The van der Waals surface area contributed by atoms with Crippen LogP contribution in [0.1, 0.15) is 78.1 Å². The van der Waals surface area contributed by atoms with Crippen molar-refractivity contribution in [2.24, 2.45) is 0 Å². The molecule has 0 atom stereocenters. The minimum Gasteiger partial charge on any atom is -0.0845 e. The van der Waals surface area contributed by atoms with Gasteiger partial charge in [-0.05, 0) is 49.7 Å². The summed E-state index contributed by atoms with van der Waals surface area (Å²) in [7, 11) is 0. The molecule has 0 saturated heterocycles. The van der Waals surface area contributed by atoms with Crippen LogP contribution in [0.5, 0.6) is 0 Å². The molecule has 0 unspecified atom stereocenters. The molecule has 0 aromatic heterocycles. The molecule has 0 aliphatic heterocycles. The molecule has 0 rings (SSSR count).